The molecule has 2 rings (SSSR count). The number of benzene rings is 2. The van der Waals surface area contributed by atoms with Crippen molar-refractivity contribution in [1.29, 1.82) is 0 Å². The van der Waals surface area contributed by atoms with Crippen molar-refractivity contribution in [2.24, 2.45) is 0 Å². The van der Waals surface area contributed by atoms with Gasteiger partial charge in [0.15, 0.2) is 10.9 Å². The van der Waals surface area contributed by atoms with Crippen molar-refractivity contribution >= 4 is 81.9 Å². The maximum atomic E-state index is 12.3. The number of esters is 4. The van der Waals surface area contributed by atoms with Gasteiger partial charge in [0.2, 0.25) is 0 Å². The second-order valence-electron chi connectivity index (χ2n) is 14.5. The average molecular weight is 923 g/mol. The molecule has 0 spiro atoms. The smallest absolute Gasteiger partial charge is 0.745 e. The number of hydrogen-bond acceptors (Lipinski definition) is 14. The monoisotopic (exact) mass is 922 g/mol. The summed E-state index contributed by atoms with van der Waals surface area (Å²) in [6.45, 7) is 7.70. The first-order valence-corrected chi connectivity index (χ1v) is 24.4. The third-order valence-electron chi connectivity index (χ3n) is 9.48. The minimum atomic E-state index is -4.79. The largest absolute Gasteiger partial charge is 2.00 e. The van der Waals surface area contributed by atoms with Gasteiger partial charge in [-0.3, -0.25) is 0 Å². The van der Waals surface area contributed by atoms with Crippen LogP contribution >= 0.6 is 0 Å². The molecule has 0 saturated carbocycles. The van der Waals surface area contributed by atoms with Gasteiger partial charge < -0.3 is 28.1 Å². The predicted molar refractivity (Wildman–Crippen MR) is 232 cm³/mol. The van der Waals surface area contributed by atoms with Crippen LogP contribution in [0.25, 0.3) is 0 Å². The van der Waals surface area contributed by atoms with Crippen LogP contribution in [-0.2, 0) is 39.2 Å². The van der Waals surface area contributed by atoms with Crippen LogP contribution in [0, 0.1) is 0 Å². The summed E-state index contributed by atoms with van der Waals surface area (Å²) in [5, 5.41) is 0. The third-order valence-corrected chi connectivity index (χ3v) is 11.6. The summed E-state index contributed by atoms with van der Waals surface area (Å²) in [5.74, 6) is -3.45. The van der Waals surface area contributed by atoms with Gasteiger partial charge in [0.25, 0.3) is 0 Å². The first-order chi connectivity index (χ1) is 28.6. The number of carbonyl (C=O) groups excluding carboxylic acids is 4. The summed E-state index contributed by atoms with van der Waals surface area (Å²) in [6, 6.07) is 11.6. The molecule has 0 N–H and O–H groups in total. The number of ether oxygens (including phenoxy) is 4. The maximum absolute atomic E-state index is 12.3. The Balaban J connectivity index is 0.00000116. The van der Waals surface area contributed by atoms with Crippen LogP contribution in [0.5, 0.6) is 0 Å². The van der Waals surface area contributed by atoms with Crippen LogP contribution in [0.2, 0.25) is 0 Å². The minimum Gasteiger partial charge on any atom is -0.745 e. The molecule has 2 unspecified atom stereocenters. The van der Waals surface area contributed by atoms with Gasteiger partial charge in [-0.15, -0.1) is 0 Å². The molecule has 0 aliphatic carbocycles. The molecule has 0 radical (unpaired) electrons. The zero-order valence-corrected chi connectivity index (χ0v) is 40.4. The number of hydrogen-bond donors (Lipinski definition) is 0. The van der Waals surface area contributed by atoms with E-state index in [9.17, 15) is 45.1 Å². The molecule has 17 heteroatoms. The van der Waals surface area contributed by atoms with Gasteiger partial charge in [-0.05, 0) is 49.9 Å². The molecule has 2 aromatic carbocycles. The van der Waals surface area contributed by atoms with Gasteiger partial charge in [0.1, 0.15) is 20.2 Å². The van der Waals surface area contributed by atoms with E-state index in [1.807, 2.05) is 0 Å². The Morgan fingerprint density at radius 1 is 0.443 bits per heavy atom. The summed E-state index contributed by atoms with van der Waals surface area (Å²) < 4.78 is 86.9. The van der Waals surface area contributed by atoms with Gasteiger partial charge in [0.05, 0.1) is 35.5 Å². The van der Waals surface area contributed by atoms with Gasteiger partial charge in [-0.1, -0.05) is 155 Å². The topological polar surface area (TPSA) is 220 Å². The Bertz CT molecular complexity index is 1650. The molecule has 0 saturated heterocycles. The second-order valence-corrected chi connectivity index (χ2v) is 17.5. The molecule has 0 heterocycles. The van der Waals surface area contributed by atoms with Crippen molar-refractivity contribution in [1.82, 2.24) is 0 Å². The van der Waals surface area contributed by atoms with Crippen LogP contribution < -0.4 is 0 Å². The van der Waals surface area contributed by atoms with Crippen molar-refractivity contribution < 1.29 is 64.1 Å². The molecular formula is C44H66CaO14S2. The molecule has 0 aliphatic heterocycles. The Labute approximate surface area is 394 Å². The van der Waals surface area contributed by atoms with Crippen LogP contribution in [0.15, 0.2) is 48.5 Å². The second kappa shape index (κ2) is 33.9. The fraction of sp³-hybridized carbons (Fsp3) is 0.636. The fourth-order valence-corrected chi connectivity index (χ4v) is 7.27. The molecule has 340 valence electrons. The number of unbranched alkanes of at least 4 members (excludes halogenated alkanes) is 16. The first kappa shape index (κ1) is 58.4. The fourth-order valence-electron chi connectivity index (χ4n) is 6.05. The SMILES string of the molecule is CCCCCCCCCCCOC(=O)c1ccccc1C(=O)OC(CC)S(=O)(=O)[O-].CCCCCCCCCCCOC(=O)c1ccccc1C(=O)OC(CC)S(=O)(=O)[O-].[Ca+2]. The van der Waals surface area contributed by atoms with Crippen LogP contribution in [0.3, 0.4) is 0 Å². The maximum Gasteiger partial charge on any atom is 2.00 e. The van der Waals surface area contributed by atoms with E-state index in [4.69, 9.17) is 18.9 Å². The Hall–Kier alpha value is -2.60. The summed E-state index contributed by atoms with van der Waals surface area (Å²) in [4.78, 5) is 49.3. The van der Waals surface area contributed by atoms with E-state index in [1.54, 1.807) is 12.1 Å². The van der Waals surface area contributed by atoms with Crippen LogP contribution in [0.1, 0.15) is 198 Å². The molecule has 61 heavy (non-hydrogen) atoms. The molecular weight excluding hydrogens is 857 g/mol. The van der Waals surface area contributed by atoms with E-state index in [2.05, 4.69) is 13.8 Å². The molecule has 0 bridgehead atoms. The summed E-state index contributed by atoms with van der Waals surface area (Å²) in [6.07, 6.45) is 20.2. The summed E-state index contributed by atoms with van der Waals surface area (Å²) in [5.41, 5.74) is -3.88. The Morgan fingerprint density at radius 2 is 0.689 bits per heavy atom. The molecule has 0 fully saturated rings. The first-order valence-electron chi connectivity index (χ1n) is 21.5. The van der Waals surface area contributed by atoms with Crippen LogP contribution in [-0.4, -0.2) is 112 Å². The number of rotatable bonds is 30. The van der Waals surface area contributed by atoms with Gasteiger partial charge in [0, 0.05) is 0 Å². The van der Waals surface area contributed by atoms with Crippen molar-refractivity contribution in [3.8, 4) is 0 Å². The Kier molecular flexibility index (Phi) is 32.4. The standard InChI is InChI=1S/2C22H34O7S.Ca/c2*1-3-5-6-7-8-9-10-11-14-17-28-21(23)18-15-12-13-16-19(18)22(24)29-20(4-2)30(25,26)27;/h2*12-13,15-16,20H,3-11,14,17H2,1-2H3,(H,25,26,27);/q;;+2/p-2. The van der Waals surface area contributed by atoms with Crippen molar-refractivity contribution in [3.05, 3.63) is 70.8 Å². The van der Waals surface area contributed by atoms with E-state index < -0.39 is 55.0 Å². The van der Waals surface area contributed by atoms with Crippen molar-refractivity contribution in [3.63, 3.8) is 0 Å². The van der Waals surface area contributed by atoms with E-state index in [0.29, 0.717) is 0 Å². The van der Waals surface area contributed by atoms with E-state index in [0.717, 1.165) is 38.5 Å². The van der Waals surface area contributed by atoms with Gasteiger partial charge >= 0.3 is 61.6 Å². The zero-order chi connectivity index (χ0) is 44.8. The van der Waals surface area contributed by atoms with E-state index in [1.165, 1.54) is 127 Å². The Morgan fingerprint density at radius 3 is 0.934 bits per heavy atom. The molecule has 2 atom stereocenters. The molecule has 2 aromatic rings. The van der Waals surface area contributed by atoms with Gasteiger partial charge in [-0.2, -0.15) is 0 Å². The minimum absolute atomic E-state index is 0. The number of carbonyl (C=O) groups is 4. The molecule has 0 aromatic heterocycles. The summed E-state index contributed by atoms with van der Waals surface area (Å²) in [7, 11) is -9.59. The summed E-state index contributed by atoms with van der Waals surface area (Å²) >= 11 is 0. The van der Waals surface area contributed by atoms with E-state index in [-0.39, 0.29) is 86.0 Å². The van der Waals surface area contributed by atoms with E-state index >= 15 is 0 Å². The third kappa shape index (κ3) is 25.3. The molecule has 0 aliphatic rings. The average Bonchev–Trinajstić information content (AvgIpc) is 3.22. The molecule has 0 amide bonds. The zero-order valence-electron chi connectivity index (χ0n) is 36.6. The van der Waals surface area contributed by atoms with Crippen molar-refractivity contribution in [2.75, 3.05) is 13.2 Å². The van der Waals surface area contributed by atoms with Crippen LogP contribution in [0.4, 0.5) is 0 Å². The normalized spacial score (nSPS) is 12.2. The molecule has 14 nitrogen and oxygen atoms in total. The van der Waals surface area contributed by atoms with Crippen molar-refractivity contribution in [2.45, 2.75) is 167 Å². The van der Waals surface area contributed by atoms with Gasteiger partial charge in [-0.25, -0.2) is 36.0 Å². The quantitative estimate of drug-likeness (QED) is 0.0234. The predicted octanol–water partition coefficient (Wildman–Crippen LogP) is 9.24.